The first kappa shape index (κ1) is 31.4. The van der Waals surface area contributed by atoms with Gasteiger partial charge in [0, 0.05) is 36.5 Å². The fourth-order valence-corrected chi connectivity index (χ4v) is 4.65. The number of quaternary nitrogens is 1. The lowest BCUT2D eigenvalue weighted by Gasteiger charge is -2.36. The zero-order valence-corrected chi connectivity index (χ0v) is 24.7. The molecular formula is C30H34F2IN3O4. The number of likely N-dealkylation sites (tertiary alicyclic amines) is 1. The van der Waals surface area contributed by atoms with Gasteiger partial charge in [0.25, 0.3) is 0 Å². The van der Waals surface area contributed by atoms with Crippen LogP contribution in [-0.2, 0) is 22.6 Å². The minimum atomic E-state index is -0.827. The quantitative estimate of drug-likeness (QED) is 0.255. The Hall–Kier alpha value is -3.09. The third kappa shape index (κ3) is 8.45. The van der Waals surface area contributed by atoms with Crippen LogP contribution in [0.3, 0.4) is 0 Å². The average molecular weight is 666 g/mol. The zero-order chi connectivity index (χ0) is 28.0. The Morgan fingerprint density at radius 2 is 1.65 bits per heavy atom. The fourth-order valence-electron chi connectivity index (χ4n) is 4.65. The van der Waals surface area contributed by atoms with Crippen LogP contribution in [-0.4, -0.2) is 54.9 Å². The molecule has 2 amide bonds. The summed E-state index contributed by atoms with van der Waals surface area (Å²) >= 11 is 0. The molecule has 3 N–H and O–H groups in total. The van der Waals surface area contributed by atoms with E-state index in [2.05, 4.69) is 24.7 Å². The first-order chi connectivity index (χ1) is 18.6. The Labute approximate surface area is 250 Å². The first-order valence-corrected chi connectivity index (χ1v) is 13.0. The van der Waals surface area contributed by atoms with Crippen molar-refractivity contribution in [2.45, 2.75) is 38.4 Å². The van der Waals surface area contributed by atoms with E-state index < -0.39 is 30.2 Å². The largest absolute Gasteiger partial charge is 1.00 e. The number of rotatable bonds is 8. The van der Waals surface area contributed by atoms with Gasteiger partial charge in [0.05, 0.1) is 45.2 Å². The minimum Gasteiger partial charge on any atom is -1.00 e. The van der Waals surface area contributed by atoms with Crippen LogP contribution >= 0.6 is 0 Å². The lowest BCUT2D eigenvalue weighted by atomic mass is 9.99. The van der Waals surface area contributed by atoms with E-state index in [1.165, 1.54) is 0 Å². The molecular weight excluding hydrogens is 631 g/mol. The van der Waals surface area contributed by atoms with E-state index in [1.54, 1.807) is 6.07 Å². The predicted molar refractivity (Wildman–Crippen MR) is 146 cm³/mol. The molecule has 3 aromatic rings. The summed E-state index contributed by atoms with van der Waals surface area (Å²) in [5.41, 5.74) is 2.59. The van der Waals surface area contributed by atoms with Crippen LogP contribution in [0.1, 0.15) is 30.4 Å². The number of piperidine rings is 1. The molecule has 1 heterocycles. The number of hydrogen-bond acceptors (Lipinski definition) is 4. The number of amides is 2. The van der Waals surface area contributed by atoms with Gasteiger partial charge in [-0.1, -0.05) is 42.5 Å². The second-order valence-electron chi connectivity index (χ2n) is 10.5. The van der Waals surface area contributed by atoms with Crippen LogP contribution < -0.4 is 34.6 Å². The Bertz CT molecular complexity index is 1330. The van der Waals surface area contributed by atoms with Crippen molar-refractivity contribution in [2.75, 3.05) is 37.8 Å². The number of nitrogens with one attached hydrogen (secondary N) is 2. The number of aliphatic hydroxyl groups excluding tert-OH is 1. The maximum atomic E-state index is 14.2. The second kappa shape index (κ2) is 14.0. The highest BCUT2D eigenvalue weighted by molar-refractivity contribution is 5.92. The van der Waals surface area contributed by atoms with Gasteiger partial charge < -0.3 is 43.6 Å². The van der Waals surface area contributed by atoms with E-state index in [-0.39, 0.29) is 47.8 Å². The van der Waals surface area contributed by atoms with Gasteiger partial charge >= 0.3 is 6.09 Å². The average Bonchev–Trinajstić information content (AvgIpc) is 2.91. The monoisotopic (exact) mass is 665 g/mol. The summed E-state index contributed by atoms with van der Waals surface area (Å²) in [6.45, 7) is 1.23. The number of aryl methyl sites for hydroxylation is 1. The van der Waals surface area contributed by atoms with Gasteiger partial charge in [0.1, 0.15) is 17.7 Å². The molecule has 214 valence electrons. The number of nitrogens with zero attached hydrogens (tertiary/aromatic N) is 1. The molecule has 0 saturated carbocycles. The highest BCUT2D eigenvalue weighted by atomic mass is 127. The molecule has 0 atom stereocenters. The molecule has 40 heavy (non-hydrogen) atoms. The Morgan fingerprint density at radius 3 is 2.33 bits per heavy atom. The molecule has 1 saturated heterocycles. The molecule has 1 aliphatic heterocycles. The summed E-state index contributed by atoms with van der Waals surface area (Å²) < 4.78 is 34.7. The van der Waals surface area contributed by atoms with Crippen molar-refractivity contribution >= 4 is 23.4 Å². The van der Waals surface area contributed by atoms with Crippen LogP contribution in [0.4, 0.5) is 25.0 Å². The van der Waals surface area contributed by atoms with E-state index in [9.17, 15) is 18.4 Å². The Kier molecular flexibility index (Phi) is 11.0. The summed E-state index contributed by atoms with van der Waals surface area (Å²) in [5.74, 6) is -2.12. The molecule has 0 radical (unpaired) electrons. The van der Waals surface area contributed by atoms with Crippen molar-refractivity contribution in [1.29, 1.82) is 0 Å². The van der Waals surface area contributed by atoms with E-state index in [4.69, 9.17) is 9.84 Å². The summed E-state index contributed by atoms with van der Waals surface area (Å²) in [7, 11) is 4.33. The van der Waals surface area contributed by atoms with Crippen LogP contribution in [0.25, 0.3) is 11.1 Å². The number of ether oxygens (including phenoxy) is 1. The highest BCUT2D eigenvalue weighted by Crippen LogP contribution is 2.30. The molecule has 0 aromatic heterocycles. The summed E-state index contributed by atoms with van der Waals surface area (Å²) in [6.07, 6.45) is 1.25. The van der Waals surface area contributed by atoms with E-state index in [1.807, 2.05) is 42.5 Å². The number of benzene rings is 3. The van der Waals surface area contributed by atoms with Gasteiger partial charge in [-0.3, -0.25) is 10.1 Å². The van der Waals surface area contributed by atoms with Crippen molar-refractivity contribution < 1.29 is 56.7 Å². The lowest BCUT2D eigenvalue weighted by Crippen LogP contribution is -3.00. The summed E-state index contributed by atoms with van der Waals surface area (Å²) in [5, 5.41) is 14.3. The molecule has 0 unspecified atom stereocenters. The number of carbonyl (C=O) groups excluding carboxylic acids is 2. The van der Waals surface area contributed by atoms with Gasteiger partial charge in [-0.05, 0) is 29.7 Å². The van der Waals surface area contributed by atoms with E-state index in [0.29, 0.717) is 12.1 Å². The number of carbonyl (C=O) groups is 2. The summed E-state index contributed by atoms with van der Waals surface area (Å²) in [4.78, 5) is 25.3. The lowest BCUT2D eigenvalue weighted by molar-refractivity contribution is -0.896. The number of hydrogen-bond donors (Lipinski definition) is 3. The molecule has 3 aromatic carbocycles. The first-order valence-electron chi connectivity index (χ1n) is 13.0. The predicted octanol–water partition coefficient (Wildman–Crippen LogP) is 2.49. The van der Waals surface area contributed by atoms with E-state index in [0.717, 1.165) is 59.2 Å². The fraction of sp³-hybridized carbons (Fsp3) is 0.333. The molecule has 0 spiro atoms. The Balaban J connectivity index is 0.00000441. The van der Waals surface area contributed by atoms with Gasteiger partial charge in [-0.25, -0.2) is 13.6 Å². The smallest absolute Gasteiger partial charge is 0.411 e. The molecule has 1 fully saturated rings. The third-order valence-corrected chi connectivity index (χ3v) is 7.01. The standard InChI is InChI=1S/C30H33F2N3O4.HI/c1-35(2)14-12-23(13-15-35)39-30(38)34-27-16-20(8-10-24(27)21-6-4-3-5-7-21)9-11-29(37)33-28-18-25(31)22(19-36)17-26(28)32;/h3-8,10,16-18,23,36H,9,11-15,19H2,1-2H3,(H-,33,34,37,38);1H. The molecule has 7 nitrogen and oxygen atoms in total. The molecule has 0 aliphatic carbocycles. The minimum absolute atomic E-state index is 0. The van der Waals surface area contributed by atoms with Gasteiger partial charge in [-0.2, -0.15) is 0 Å². The van der Waals surface area contributed by atoms with Crippen LogP contribution in [0, 0.1) is 11.6 Å². The van der Waals surface area contributed by atoms with Crippen molar-refractivity contribution in [1.82, 2.24) is 0 Å². The summed E-state index contributed by atoms with van der Waals surface area (Å²) in [6, 6.07) is 16.9. The molecule has 0 bridgehead atoms. The van der Waals surface area contributed by atoms with Crippen LogP contribution in [0.2, 0.25) is 0 Å². The van der Waals surface area contributed by atoms with E-state index >= 15 is 0 Å². The van der Waals surface area contributed by atoms with Gasteiger partial charge in [0.15, 0.2) is 0 Å². The number of anilines is 2. The second-order valence-corrected chi connectivity index (χ2v) is 10.5. The van der Waals surface area contributed by atoms with Gasteiger partial charge in [-0.15, -0.1) is 0 Å². The third-order valence-electron chi connectivity index (χ3n) is 7.01. The highest BCUT2D eigenvalue weighted by Gasteiger charge is 2.28. The topological polar surface area (TPSA) is 87.7 Å². The van der Waals surface area contributed by atoms with Crippen molar-refractivity contribution in [3.05, 3.63) is 83.4 Å². The van der Waals surface area contributed by atoms with Crippen molar-refractivity contribution in [3.8, 4) is 11.1 Å². The Morgan fingerprint density at radius 1 is 0.950 bits per heavy atom. The van der Waals surface area contributed by atoms with Crippen molar-refractivity contribution in [2.24, 2.45) is 0 Å². The van der Waals surface area contributed by atoms with Crippen LogP contribution in [0.5, 0.6) is 0 Å². The van der Waals surface area contributed by atoms with Crippen molar-refractivity contribution in [3.63, 3.8) is 0 Å². The number of aliphatic hydroxyl groups is 1. The van der Waals surface area contributed by atoms with Gasteiger partial charge in [0.2, 0.25) is 5.91 Å². The normalized spacial score (nSPS) is 14.6. The molecule has 4 rings (SSSR count). The number of halogens is 3. The zero-order valence-electron chi connectivity index (χ0n) is 22.6. The molecule has 1 aliphatic rings. The maximum Gasteiger partial charge on any atom is 0.411 e. The van der Waals surface area contributed by atoms with Crippen LogP contribution in [0.15, 0.2) is 60.7 Å². The molecule has 10 heteroatoms. The maximum absolute atomic E-state index is 14.2. The SMILES string of the molecule is C[N+]1(C)CCC(OC(=O)Nc2cc(CCC(=O)Nc3cc(F)c(CO)cc3F)ccc2-c2ccccc2)CC1.[I-].